The SMILES string of the molecule is CN(C1CCOCC1)S(=O)(=O)c1ccc(CBr)cc1. The number of hydrogen-bond acceptors (Lipinski definition) is 3. The summed E-state index contributed by atoms with van der Waals surface area (Å²) >= 11 is 3.35. The Hall–Kier alpha value is -0.430. The Labute approximate surface area is 122 Å². The van der Waals surface area contributed by atoms with Crippen molar-refractivity contribution in [3.63, 3.8) is 0 Å². The first-order valence-electron chi connectivity index (χ1n) is 6.26. The Bertz CT molecular complexity index is 509. The van der Waals surface area contributed by atoms with Crippen molar-refractivity contribution in [2.75, 3.05) is 20.3 Å². The van der Waals surface area contributed by atoms with Crippen LogP contribution < -0.4 is 0 Å². The fourth-order valence-electron chi connectivity index (χ4n) is 2.16. The summed E-state index contributed by atoms with van der Waals surface area (Å²) in [4.78, 5) is 0.353. The van der Waals surface area contributed by atoms with Crippen molar-refractivity contribution in [2.24, 2.45) is 0 Å². The molecule has 1 heterocycles. The minimum atomic E-state index is -3.40. The normalized spacial score (nSPS) is 17.8. The van der Waals surface area contributed by atoms with Crippen LogP contribution in [0, 0.1) is 0 Å². The zero-order valence-electron chi connectivity index (χ0n) is 10.9. The minimum Gasteiger partial charge on any atom is -0.381 e. The third kappa shape index (κ3) is 3.37. The lowest BCUT2D eigenvalue weighted by Gasteiger charge is -2.30. The van der Waals surface area contributed by atoms with Gasteiger partial charge in [-0.3, -0.25) is 0 Å². The van der Waals surface area contributed by atoms with Crippen LogP contribution in [0.3, 0.4) is 0 Å². The maximum absolute atomic E-state index is 12.5. The molecular formula is C13H18BrNO3S. The summed E-state index contributed by atoms with van der Waals surface area (Å²) in [6.45, 7) is 1.26. The monoisotopic (exact) mass is 347 g/mol. The molecule has 19 heavy (non-hydrogen) atoms. The van der Waals surface area contributed by atoms with Gasteiger partial charge in [-0.15, -0.1) is 0 Å². The summed E-state index contributed by atoms with van der Waals surface area (Å²) in [6, 6.07) is 7.04. The molecule has 6 heteroatoms. The molecular weight excluding hydrogens is 330 g/mol. The minimum absolute atomic E-state index is 0.0367. The average molecular weight is 348 g/mol. The number of ether oxygens (including phenoxy) is 1. The van der Waals surface area contributed by atoms with Crippen molar-refractivity contribution in [3.05, 3.63) is 29.8 Å². The highest BCUT2D eigenvalue weighted by Gasteiger charge is 2.29. The van der Waals surface area contributed by atoms with Crippen LogP contribution in [0.4, 0.5) is 0 Å². The first kappa shape index (κ1) is 15.0. The average Bonchev–Trinajstić information content (AvgIpc) is 2.47. The second-order valence-electron chi connectivity index (χ2n) is 4.64. The lowest BCUT2D eigenvalue weighted by atomic mass is 10.1. The van der Waals surface area contributed by atoms with Gasteiger partial charge in [-0.2, -0.15) is 4.31 Å². The van der Waals surface area contributed by atoms with Crippen molar-refractivity contribution < 1.29 is 13.2 Å². The molecule has 1 aliphatic heterocycles. The Balaban J connectivity index is 2.19. The fourth-order valence-corrected chi connectivity index (χ4v) is 3.95. The van der Waals surface area contributed by atoms with Crippen LogP contribution in [-0.2, 0) is 20.1 Å². The second kappa shape index (κ2) is 6.35. The van der Waals surface area contributed by atoms with Crippen LogP contribution in [-0.4, -0.2) is 39.0 Å². The predicted octanol–water partition coefficient (Wildman–Crippen LogP) is 2.38. The van der Waals surface area contributed by atoms with Gasteiger partial charge in [-0.05, 0) is 30.5 Å². The highest BCUT2D eigenvalue weighted by Crippen LogP contribution is 2.22. The van der Waals surface area contributed by atoms with Gasteiger partial charge in [-0.25, -0.2) is 8.42 Å². The van der Waals surface area contributed by atoms with Gasteiger partial charge in [0.1, 0.15) is 0 Å². The van der Waals surface area contributed by atoms with Gasteiger partial charge >= 0.3 is 0 Å². The Morgan fingerprint density at radius 2 is 1.84 bits per heavy atom. The molecule has 1 aromatic carbocycles. The van der Waals surface area contributed by atoms with E-state index in [-0.39, 0.29) is 6.04 Å². The Kier molecular flexibility index (Phi) is 5.00. The summed E-state index contributed by atoms with van der Waals surface area (Å²) in [5.41, 5.74) is 1.06. The molecule has 1 aliphatic rings. The maximum atomic E-state index is 12.5. The van der Waals surface area contributed by atoms with E-state index in [0.717, 1.165) is 23.7 Å². The van der Waals surface area contributed by atoms with Crippen molar-refractivity contribution in [2.45, 2.75) is 29.1 Å². The number of nitrogens with zero attached hydrogens (tertiary/aromatic N) is 1. The standard InChI is InChI=1S/C13H18BrNO3S/c1-15(12-6-8-18-9-7-12)19(16,17)13-4-2-11(10-14)3-5-13/h2-5,12H,6-10H2,1H3. The van der Waals surface area contributed by atoms with E-state index in [9.17, 15) is 8.42 Å². The number of rotatable bonds is 4. The molecule has 0 amide bonds. The van der Waals surface area contributed by atoms with Gasteiger partial charge < -0.3 is 4.74 Å². The summed E-state index contributed by atoms with van der Waals surface area (Å²) in [5, 5.41) is 0.725. The molecule has 1 aromatic rings. The predicted molar refractivity (Wildman–Crippen MR) is 77.9 cm³/mol. The molecule has 0 saturated carbocycles. The maximum Gasteiger partial charge on any atom is 0.243 e. The molecule has 0 aromatic heterocycles. The zero-order valence-corrected chi connectivity index (χ0v) is 13.3. The Morgan fingerprint density at radius 1 is 1.26 bits per heavy atom. The van der Waals surface area contributed by atoms with Gasteiger partial charge in [0.15, 0.2) is 0 Å². The third-order valence-corrected chi connectivity index (χ3v) is 6.03. The van der Waals surface area contributed by atoms with E-state index < -0.39 is 10.0 Å². The highest BCUT2D eigenvalue weighted by atomic mass is 79.9. The highest BCUT2D eigenvalue weighted by molar-refractivity contribution is 9.08. The molecule has 0 unspecified atom stereocenters. The van der Waals surface area contributed by atoms with Crippen molar-refractivity contribution in [1.82, 2.24) is 4.31 Å². The van der Waals surface area contributed by atoms with Crippen LogP contribution in [0.2, 0.25) is 0 Å². The van der Waals surface area contributed by atoms with E-state index in [1.165, 1.54) is 4.31 Å². The molecule has 1 fully saturated rings. The largest absolute Gasteiger partial charge is 0.381 e. The van der Waals surface area contributed by atoms with Crippen molar-refractivity contribution >= 4 is 26.0 Å². The molecule has 0 aliphatic carbocycles. The smallest absolute Gasteiger partial charge is 0.243 e. The van der Waals surface area contributed by atoms with E-state index in [0.29, 0.717) is 18.1 Å². The number of benzene rings is 1. The second-order valence-corrected chi connectivity index (χ2v) is 7.20. The van der Waals surface area contributed by atoms with Gasteiger partial charge in [0.25, 0.3) is 0 Å². The summed E-state index contributed by atoms with van der Waals surface area (Å²) in [7, 11) is -1.74. The Morgan fingerprint density at radius 3 is 2.37 bits per heavy atom. The van der Waals surface area contributed by atoms with E-state index in [4.69, 9.17) is 4.74 Å². The summed E-state index contributed by atoms with van der Waals surface area (Å²) in [5.74, 6) is 0. The quantitative estimate of drug-likeness (QED) is 0.785. The molecule has 4 nitrogen and oxygen atoms in total. The van der Waals surface area contributed by atoms with E-state index in [2.05, 4.69) is 15.9 Å². The number of sulfonamides is 1. The topological polar surface area (TPSA) is 46.6 Å². The number of halogens is 1. The van der Waals surface area contributed by atoms with Crippen LogP contribution in [0.1, 0.15) is 18.4 Å². The number of alkyl halides is 1. The summed E-state index contributed by atoms with van der Waals surface area (Å²) < 4.78 is 31.8. The van der Waals surface area contributed by atoms with Gasteiger partial charge in [-0.1, -0.05) is 28.1 Å². The van der Waals surface area contributed by atoms with Gasteiger partial charge in [0, 0.05) is 31.6 Å². The summed E-state index contributed by atoms with van der Waals surface area (Å²) in [6.07, 6.45) is 1.52. The van der Waals surface area contributed by atoms with E-state index in [1.54, 1.807) is 19.2 Å². The first-order valence-corrected chi connectivity index (χ1v) is 8.82. The van der Waals surface area contributed by atoms with Crippen LogP contribution in [0.15, 0.2) is 29.2 Å². The molecule has 0 spiro atoms. The molecule has 0 atom stereocenters. The van der Waals surface area contributed by atoms with Crippen molar-refractivity contribution in [3.8, 4) is 0 Å². The first-order chi connectivity index (χ1) is 9.05. The van der Waals surface area contributed by atoms with Crippen LogP contribution in [0.25, 0.3) is 0 Å². The van der Waals surface area contributed by atoms with Gasteiger partial charge in [0.05, 0.1) is 4.90 Å². The third-order valence-electron chi connectivity index (χ3n) is 3.46. The van der Waals surface area contributed by atoms with Crippen LogP contribution >= 0.6 is 15.9 Å². The molecule has 0 N–H and O–H groups in total. The lowest BCUT2D eigenvalue weighted by molar-refractivity contribution is 0.0632. The molecule has 2 rings (SSSR count). The zero-order chi connectivity index (χ0) is 13.9. The van der Waals surface area contributed by atoms with Crippen molar-refractivity contribution in [1.29, 1.82) is 0 Å². The lowest BCUT2D eigenvalue weighted by Crippen LogP contribution is -2.40. The fraction of sp³-hybridized carbons (Fsp3) is 0.538. The number of hydrogen-bond donors (Lipinski definition) is 0. The van der Waals surface area contributed by atoms with E-state index in [1.807, 2.05) is 12.1 Å². The molecule has 1 saturated heterocycles. The molecule has 0 bridgehead atoms. The molecule has 106 valence electrons. The molecule has 0 radical (unpaired) electrons. The van der Waals surface area contributed by atoms with Gasteiger partial charge in [0.2, 0.25) is 10.0 Å². The van der Waals surface area contributed by atoms with Crippen LogP contribution in [0.5, 0.6) is 0 Å². The van der Waals surface area contributed by atoms with E-state index >= 15 is 0 Å².